The van der Waals surface area contributed by atoms with Gasteiger partial charge in [-0.25, -0.2) is 8.42 Å². The third-order valence-corrected chi connectivity index (χ3v) is 8.40. The number of aryl methyl sites for hydroxylation is 1. The molecule has 0 aliphatic rings. The minimum atomic E-state index is -4.21. The molecule has 0 spiro atoms. The molecule has 0 saturated heterocycles. The Bertz CT molecular complexity index is 1450. The van der Waals surface area contributed by atoms with E-state index < -0.39 is 34.1 Å². The molecule has 0 fully saturated rings. The molecule has 3 rings (SSSR count). The van der Waals surface area contributed by atoms with Crippen molar-refractivity contribution in [3.05, 3.63) is 88.9 Å². The number of nitrogens with one attached hydrogen (secondary N) is 1. The van der Waals surface area contributed by atoms with Crippen LogP contribution < -0.4 is 14.4 Å². The molecule has 1 atom stereocenters. The molecule has 0 unspecified atom stereocenters. The second-order valence-corrected chi connectivity index (χ2v) is 13.1. The van der Waals surface area contributed by atoms with Crippen molar-refractivity contribution in [2.45, 2.75) is 64.1 Å². The van der Waals surface area contributed by atoms with Gasteiger partial charge in [0.25, 0.3) is 10.0 Å². The van der Waals surface area contributed by atoms with Crippen molar-refractivity contribution in [2.75, 3.05) is 18.0 Å². The Balaban J connectivity index is 2.07. The van der Waals surface area contributed by atoms with Gasteiger partial charge in [-0.1, -0.05) is 54.4 Å². The Morgan fingerprint density at radius 1 is 1.00 bits per heavy atom. The smallest absolute Gasteiger partial charge is 0.264 e. The topological polar surface area (TPSA) is 96.0 Å². The Hall–Kier alpha value is -3.56. The molecule has 0 bridgehead atoms. The molecule has 0 saturated carbocycles. The lowest BCUT2D eigenvalue weighted by molar-refractivity contribution is -0.141. The lowest BCUT2D eigenvalue weighted by Crippen LogP contribution is -2.55. The molecule has 0 aliphatic carbocycles. The Kier molecular flexibility index (Phi) is 10.4. The highest BCUT2D eigenvalue weighted by Crippen LogP contribution is 2.28. The van der Waals surface area contributed by atoms with E-state index in [4.69, 9.17) is 16.3 Å². The lowest BCUT2D eigenvalue weighted by Gasteiger charge is -2.34. The van der Waals surface area contributed by atoms with Gasteiger partial charge >= 0.3 is 0 Å². The highest BCUT2D eigenvalue weighted by molar-refractivity contribution is 7.92. The van der Waals surface area contributed by atoms with Crippen LogP contribution in [0.3, 0.4) is 0 Å². The first-order valence-electron chi connectivity index (χ1n) is 13.3. The molecule has 1 N–H and O–H groups in total. The van der Waals surface area contributed by atoms with Gasteiger partial charge in [-0.3, -0.25) is 13.9 Å². The van der Waals surface area contributed by atoms with Gasteiger partial charge in [0, 0.05) is 17.1 Å². The van der Waals surface area contributed by atoms with Crippen LogP contribution in [-0.4, -0.2) is 50.4 Å². The van der Waals surface area contributed by atoms with Gasteiger partial charge in [-0.05, 0) is 82.1 Å². The van der Waals surface area contributed by atoms with E-state index in [1.54, 1.807) is 30.3 Å². The predicted octanol–water partition coefficient (Wildman–Crippen LogP) is 5.57. The quantitative estimate of drug-likeness (QED) is 0.311. The summed E-state index contributed by atoms with van der Waals surface area (Å²) >= 11 is 6.23. The number of benzene rings is 3. The van der Waals surface area contributed by atoms with Crippen molar-refractivity contribution in [1.29, 1.82) is 0 Å². The van der Waals surface area contributed by atoms with Crippen LogP contribution in [0.1, 0.15) is 45.2 Å². The SMILES string of the molecule is CC[C@@H](C(=O)NC(C)(C)C)N(Cc1ccc(C)cc1)C(=O)CN(c1cccc(Cl)c1)S(=O)(=O)c1ccc(OC)cc1. The van der Waals surface area contributed by atoms with Crippen molar-refractivity contribution >= 4 is 39.1 Å². The number of methoxy groups -OCH3 is 1. The number of amides is 2. The molecular formula is C31H38ClN3O5S. The molecular weight excluding hydrogens is 562 g/mol. The van der Waals surface area contributed by atoms with Gasteiger partial charge in [0.15, 0.2) is 0 Å². The monoisotopic (exact) mass is 599 g/mol. The van der Waals surface area contributed by atoms with Gasteiger partial charge in [0.2, 0.25) is 11.8 Å². The van der Waals surface area contributed by atoms with E-state index >= 15 is 0 Å². The fourth-order valence-electron chi connectivity index (χ4n) is 4.30. The average Bonchev–Trinajstić information content (AvgIpc) is 2.91. The first kappa shape index (κ1) is 32.0. The summed E-state index contributed by atoms with van der Waals surface area (Å²) in [6.07, 6.45) is 0.335. The molecule has 0 heterocycles. The Morgan fingerprint density at radius 3 is 2.17 bits per heavy atom. The van der Waals surface area contributed by atoms with Crippen LogP contribution in [0.25, 0.3) is 0 Å². The van der Waals surface area contributed by atoms with Crippen LogP contribution in [0.5, 0.6) is 5.75 Å². The second-order valence-electron chi connectivity index (χ2n) is 10.8. The predicted molar refractivity (Wildman–Crippen MR) is 163 cm³/mol. The molecule has 41 heavy (non-hydrogen) atoms. The number of hydrogen-bond acceptors (Lipinski definition) is 5. The number of carbonyl (C=O) groups is 2. The highest BCUT2D eigenvalue weighted by atomic mass is 35.5. The van der Waals surface area contributed by atoms with Crippen LogP contribution >= 0.6 is 11.6 Å². The molecule has 0 aliphatic heterocycles. The number of halogens is 1. The van der Waals surface area contributed by atoms with Crippen LogP contribution in [-0.2, 0) is 26.2 Å². The maximum atomic E-state index is 14.1. The molecule has 2 amide bonds. The highest BCUT2D eigenvalue weighted by Gasteiger charge is 2.34. The van der Waals surface area contributed by atoms with E-state index in [1.807, 2.05) is 58.9 Å². The number of sulfonamides is 1. The van der Waals surface area contributed by atoms with Gasteiger partial charge < -0.3 is 15.0 Å². The lowest BCUT2D eigenvalue weighted by atomic mass is 10.1. The van der Waals surface area contributed by atoms with Crippen LogP contribution in [0.15, 0.2) is 77.7 Å². The van der Waals surface area contributed by atoms with Crippen LogP contribution in [0, 0.1) is 6.92 Å². The zero-order valence-electron chi connectivity index (χ0n) is 24.3. The molecule has 8 nitrogen and oxygen atoms in total. The number of hydrogen-bond donors (Lipinski definition) is 1. The molecule has 0 radical (unpaired) electrons. The fourth-order valence-corrected chi connectivity index (χ4v) is 5.89. The first-order valence-corrected chi connectivity index (χ1v) is 15.2. The van der Waals surface area contributed by atoms with E-state index in [-0.39, 0.29) is 23.0 Å². The van der Waals surface area contributed by atoms with E-state index in [0.717, 1.165) is 15.4 Å². The second kappa shape index (κ2) is 13.4. The maximum Gasteiger partial charge on any atom is 0.264 e. The third-order valence-electron chi connectivity index (χ3n) is 6.38. The van der Waals surface area contributed by atoms with Crippen molar-refractivity contribution in [3.63, 3.8) is 0 Å². The Morgan fingerprint density at radius 2 is 1.63 bits per heavy atom. The summed E-state index contributed by atoms with van der Waals surface area (Å²) in [5.74, 6) is -0.347. The standard InChI is InChI=1S/C31H38ClN3O5S/c1-7-28(30(37)33-31(3,4)5)34(20-23-13-11-22(2)12-14-23)29(36)21-35(25-10-8-9-24(32)19-25)41(38,39)27-17-15-26(40-6)16-18-27/h8-19,28H,7,20-21H2,1-6H3,(H,33,37)/t28-/m0/s1. The Labute approximate surface area is 248 Å². The van der Waals surface area contributed by atoms with Crippen LogP contribution in [0.2, 0.25) is 5.02 Å². The molecule has 220 valence electrons. The summed E-state index contributed by atoms with van der Waals surface area (Å²) in [4.78, 5) is 28.9. The number of ether oxygens (including phenoxy) is 1. The van der Waals surface area contributed by atoms with Crippen molar-refractivity contribution in [1.82, 2.24) is 10.2 Å². The molecule has 3 aromatic rings. The first-order chi connectivity index (χ1) is 19.2. The van der Waals surface area contributed by atoms with Crippen molar-refractivity contribution in [3.8, 4) is 5.75 Å². The van der Waals surface area contributed by atoms with Gasteiger partial charge in [-0.15, -0.1) is 0 Å². The summed E-state index contributed by atoms with van der Waals surface area (Å²) in [7, 11) is -2.72. The normalized spacial score (nSPS) is 12.4. The zero-order chi connectivity index (χ0) is 30.4. The minimum Gasteiger partial charge on any atom is -0.497 e. The molecule has 0 aromatic heterocycles. The van der Waals surface area contributed by atoms with E-state index in [9.17, 15) is 18.0 Å². The number of carbonyl (C=O) groups excluding carboxylic acids is 2. The number of nitrogens with zero attached hydrogens (tertiary/aromatic N) is 2. The minimum absolute atomic E-state index is 0.0197. The average molecular weight is 600 g/mol. The van der Waals surface area contributed by atoms with Crippen LogP contribution in [0.4, 0.5) is 5.69 Å². The van der Waals surface area contributed by atoms with E-state index in [2.05, 4.69) is 5.32 Å². The molecule has 3 aromatic carbocycles. The summed E-state index contributed by atoms with van der Waals surface area (Å²) in [6.45, 7) is 8.97. The van der Waals surface area contributed by atoms with E-state index in [0.29, 0.717) is 17.2 Å². The summed E-state index contributed by atoms with van der Waals surface area (Å²) < 4.78 is 34.1. The van der Waals surface area contributed by atoms with Gasteiger partial charge in [-0.2, -0.15) is 0 Å². The number of anilines is 1. The zero-order valence-corrected chi connectivity index (χ0v) is 25.9. The van der Waals surface area contributed by atoms with Gasteiger partial charge in [0.1, 0.15) is 18.3 Å². The fraction of sp³-hybridized carbons (Fsp3) is 0.355. The van der Waals surface area contributed by atoms with Crippen molar-refractivity contribution in [2.24, 2.45) is 0 Å². The summed E-state index contributed by atoms with van der Waals surface area (Å²) in [5.41, 5.74) is 1.58. The summed E-state index contributed by atoms with van der Waals surface area (Å²) in [6, 6.07) is 19.1. The maximum absolute atomic E-state index is 14.1. The largest absolute Gasteiger partial charge is 0.497 e. The number of rotatable bonds is 11. The summed E-state index contributed by atoms with van der Waals surface area (Å²) in [5, 5.41) is 3.28. The molecule has 10 heteroatoms. The van der Waals surface area contributed by atoms with Gasteiger partial charge in [0.05, 0.1) is 17.7 Å². The third kappa shape index (κ3) is 8.47. The van der Waals surface area contributed by atoms with E-state index in [1.165, 1.54) is 30.2 Å². The van der Waals surface area contributed by atoms with Crippen molar-refractivity contribution < 1.29 is 22.7 Å².